The Morgan fingerprint density at radius 2 is 1.87 bits per heavy atom. The third kappa shape index (κ3) is 4.57. The number of nitrogens with one attached hydrogen (secondary N) is 1. The van der Waals surface area contributed by atoms with Gasteiger partial charge in [0.1, 0.15) is 0 Å². The fourth-order valence-corrected chi connectivity index (χ4v) is 2.32. The highest BCUT2D eigenvalue weighted by Crippen LogP contribution is 2.16. The highest BCUT2D eigenvalue weighted by Gasteiger charge is 2.20. The standard InChI is InChI=1S/C18H18ClNO3/c1-11-7-8-16(12(2)9-11)18(22)23-13(3)17(21)20-15-6-4-5-14(19)10-15/h4-10,13H,1-3H3,(H,20,21)/t13-/m0/s1. The molecule has 0 spiro atoms. The van der Waals surface area contributed by atoms with Crippen molar-refractivity contribution < 1.29 is 14.3 Å². The van der Waals surface area contributed by atoms with E-state index in [-0.39, 0.29) is 0 Å². The maximum Gasteiger partial charge on any atom is 0.339 e. The van der Waals surface area contributed by atoms with Gasteiger partial charge in [0.15, 0.2) is 6.10 Å². The van der Waals surface area contributed by atoms with E-state index >= 15 is 0 Å². The van der Waals surface area contributed by atoms with Gasteiger partial charge in [-0.3, -0.25) is 4.79 Å². The first-order valence-corrected chi connectivity index (χ1v) is 7.59. The highest BCUT2D eigenvalue weighted by molar-refractivity contribution is 6.30. The molecule has 0 unspecified atom stereocenters. The zero-order chi connectivity index (χ0) is 17.0. The van der Waals surface area contributed by atoms with Crippen LogP contribution in [-0.2, 0) is 9.53 Å². The summed E-state index contributed by atoms with van der Waals surface area (Å²) >= 11 is 5.87. The molecule has 120 valence electrons. The van der Waals surface area contributed by atoms with Crippen molar-refractivity contribution in [3.8, 4) is 0 Å². The zero-order valence-electron chi connectivity index (χ0n) is 13.2. The van der Waals surface area contributed by atoms with Gasteiger partial charge >= 0.3 is 5.97 Å². The van der Waals surface area contributed by atoms with Crippen LogP contribution in [0.1, 0.15) is 28.4 Å². The fraction of sp³-hybridized carbons (Fsp3) is 0.222. The summed E-state index contributed by atoms with van der Waals surface area (Å²) in [5.41, 5.74) is 2.89. The van der Waals surface area contributed by atoms with Gasteiger partial charge in [-0.1, -0.05) is 35.4 Å². The van der Waals surface area contributed by atoms with Crippen LogP contribution >= 0.6 is 11.6 Å². The number of hydrogen-bond donors (Lipinski definition) is 1. The first-order valence-electron chi connectivity index (χ1n) is 7.21. The summed E-state index contributed by atoms with van der Waals surface area (Å²) in [6.07, 6.45) is -0.915. The van der Waals surface area contributed by atoms with Crippen molar-refractivity contribution in [3.05, 3.63) is 64.2 Å². The van der Waals surface area contributed by atoms with E-state index in [1.54, 1.807) is 30.3 Å². The van der Waals surface area contributed by atoms with E-state index in [0.717, 1.165) is 11.1 Å². The molecule has 4 nitrogen and oxygen atoms in total. The fourth-order valence-electron chi connectivity index (χ4n) is 2.13. The summed E-state index contributed by atoms with van der Waals surface area (Å²) in [7, 11) is 0. The summed E-state index contributed by atoms with van der Waals surface area (Å²) in [5, 5.41) is 3.18. The molecule has 0 aromatic heterocycles. The lowest BCUT2D eigenvalue weighted by Gasteiger charge is -2.14. The number of carbonyl (C=O) groups excluding carboxylic acids is 2. The molecule has 23 heavy (non-hydrogen) atoms. The molecular formula is C18H18ClNO3. The van der Waals surface area contributed by atoms with Crippen molar-refractivity contribution in [1.82, 2.24) is 0 Å². The normalized spacial score (nSPS) is 11.7. The van der Waals surface area contributed by atoms with Crippen LogP contribution in [0.25, 0.3) is 0 Å². The summed E-state index contributed by atoms with van der Waals surface area (Å²) < 4.78 is 5.24. The third-order valence-electron chi connectivity index (χ3n) is 3.35. The average molecular weight is 332 g/mol. The van der Waals surface area contributed by atoms with Crippen LogP contribution in [0.4, 0.5) is 5.69 Å². The van der Waals surface area contributed by atoms with E-state index in [1.807, 2.05) is 26.0 Å². The molecule has 1 atom stereocenters. The van der Waals surface area contributed by atoms with Crippen molar-refractivity contribution >= 4 is 29.2 Å². The predicted molar refractivity (Wildman–Crippen MR) is 90.9 cm³/mol. The minimum Gasteiger partial charge on any atom is -0.449 e. The van der Waals surface area contributed by atoms with E-state index in [9.17, 15) is 9.59 Å². The summed E-state index contributed by atoms with van der Waals surface area (Å²) in [4.78, 5) is 24.3. The molecule has 0 aliphatic rings. The van der Waals surface area contributed by atoms with Gasteiger partial charge < -0.3 is 10.1 Å². The molecule has 0 radical (unpaired) electrons. The Bertz CT molecular complexity index is 743. The van der Waals surface area contributed by atoms with Gasteiger partial charge in [0.2, 0.25) is 0 Å². The smallest absolute Gasteiger partial charge is 0.339 e. The average Bonchev–Trinajstić information content (AvgIpc) is 2.46. The number of esters is 1. The van der Waals surface area contributed by atoms with E-state index in [4.69, 9.17) is 16.3 Å². The summed E-state index contributed by atoms with van der Waals surface area (Å²) in [5.74, 6) is -0.929. The highest BCUT2D eigenvalue weighted by atomic mass is 35.5. The van der Waals surface area contributed by atoms with Crippen molar-refractivity contribution in [2.45, 2.75) is 26.9 Å². The van der Waals surface area contributed by atoms with Crippen LogP contribution in [-0.4, -0.2) is 18.0 Å². The maximum atomic E-state index is 12.2. The summed E-state index contributed by atoms with van der Waals surface area (Å²) in [6, 6.07) is 12.2. The van der Waals surface area contributed by atoms with Crippen LogP contribution in [0.5, 0.6) is 0 Å². The quantitative estimate of drug-likeness (QED) is 0.857. The molecule has 0 bridgehead atoms. The van der Waals surface area contributed by atoms with Gasteiger partial charge in [-0.15, -0.1) is 0 Å². The molecule has 0 aliphatic carbocycles. The molecule has 0 aliphatic heterocycles. The van der Waals surface area contributed by atoms with Gasteiger partial charge in [-0.25, -0.2) is 4.79 Å². The van der Waals surface area contributed by atoms with E-state index in [1.165, 1.54) is 6.92 Å². The molecular weight excluding hydrogens is 314 g/mol. The predicted octanol–water partition coefficient (Wildman–Crippen LogP) is 4.14. The number of halogens is 1. The third-order valence-corrected chi connectivity index (χ3v) is 3.58. The maximum absolute atomic E-state index is 12.2. The summed E-state index contributed by atoms with van der Waals surface area (Å²) in [6.45, 7) is 5.31. The van der Waals surface area contributed by atoms with Gasteiger partial charge in [-0.05, 0) is 50.6 Å². The molecule has 0 saturated heterocycles. The molecule has 2 aromatic rings. The number of rotatable bonds is 4. The monoisotopic (exact) mass is 331 g/mol. The molecule has 5 heteroatoms. The lowest BCUT2D eigenvalue weighted by molar-refractivity contribution is -0.123. The lowest BCUT2D eigenvalue weighted by atomic mass is 10.1. The minimum absolute atomic E-state index is 0.412. The lowest BCUT2D eigenvalue weighted by Crippen LogP contribution is -2.30. The van der Waals surface area contributed by atoms with Gasteiger partial charge in [0.25, 0.3) is 5.91 Å². The van der Waals surface area contributed by atoms with Gasteiger partial charge in [0, 0.05) is 10.7 Å². The topological polar surface area (TPSA) is 55.4 Å². The molecule has 0 saturated carbocycles. The number of ether oxygens (including phenoxy) is 1. The van der Waals surface area contributed by atoms with Gasteiger partial charge in [0.05, 0.1) is 5.56 Å². The first-order chi connectivity index (χ1) is 10.9. The second-order valence-corrected chi connectivity index (χ2v) is 5.80. The van der Waals surface area contributed by atoms with Crippen LogP contribution in [0.2, 0.25) is 5.02 Å². The van der Waals surface area contributed by atoms with Crippen LogP contribution < -0.4 is 5.32 Å². The first kappa shape index (κ1) is 17.0. The Kier molecular flexibility index (Phi) is 5.40. The molecule has 1 N–H and O–H groups in total. The number of hydrogen-bond acceptors (Lipinski definition) is 3. The molecule has 2 rings (SSSR count). The molecule has 1 amide bonds. The molecule has 2 aromatic carbocycles. The molecule has 0 fully saturated rings. The van der Waals surface area contributed by atoms with Crippen LogP contribution in [0, 0.1) is 13.8 Å². The van der Waals surface area contributed by atoms with Crippen LogP contribution in [0.15, 0.2) is 42.5 Å². The van der Waals surface area contributed by atoms with Gasteiger partial charge in [-0.2, -0.15) is 0 Å². The van der Waals surface area contributed by atoms with Crippen molar-refractivity contribution in [1.29, 1.82) is 0 Å². The zero-order valence-corrected chi connectivity index (χ0v) is 14.0. The Labute approximate surface area is 140 Å². The van der Waals surface area contributed by atoms with E-state index in [0.29, 0.717) is 16.3 Å². The van der Waals surface area contributed by atoms with E-state index < -0.39 is 18.0 Å². The Morgan fingerprint density at radius 3 is 2.52 bits per heavy atom. The second-order valence-electron chi connectivity index (χ2n) is 5.37. The number of carbonyl (C=O) groups is 2. The van der Waals surface area contributed by atoms with Crippen LogP contribution in [0.3, 0.4) is 0 Å². The Morgan fingerprint density at radius 1 is 1.13 bits per heavy atom. The largest absolute Gasteiger partial charge is 0.449 e. The number of anilines is 1. The SMILES string of the molecule is Cc1ccc(C(=O)O[C@@H](C)C(=O)Nc2cccc(Cl)c2)c(C)c1. The van der Waals surface area contributed by atoms with E-state index in [2.05, 4.69) is 5.32 Å². The van der Waals surface area contributed by atoms with Crippen molar-refractivity contribution in [2.24, 2.45) is 0 Å². The Balaban J connectivity index is 2.01. The number of benzene rings is 2. The number of aryl methyl sites for hydroxylation is 2. The minimum atomic E-state index is -0.915. The van der Waals surface area contributed by atoms with Crippen molar-refractivity contribution in [3.63, 3.8) is 0 Å². The Hall–Kier alpha value is -2.33. The molecule has 0 heterocycles. The number of amides is 1. The second kappa shape index (κ2) is 7.29. The van der Waals surface area contributed by atoms with Crippen molar-refractivity contribution in [2.75, 3.05) is 5.32 Å².